The van der Waals surface area contributed by atoms with E-state index in [0.29, 0.717) is 0 Å². The summed E-state index contributed by atoms with van der Waals surface area (Å²) in [4.78, 5) is 11.1. The fourth-order valence-electron chi connectivity index (χ4n) is 0.882. The molecule has 1 heterocycles. The molecule has 0 amide bonds. The predicted octanol–water partition coefficient (Wildman–Crippen LogP) is 1.00. The van der Waals surface area contributed by atoms with Gasteiger partial charge in [-0.25, -0.2) is 13.1 Å². The van der Waals surface area contributed by atoms with Crippen molar-refractivity contribution >= 4 is 49.9 Å². The van der Waals surface area contributed by atoms with E-state index in [1.54, 1.807) is 11.4 Å². The van der Waals surface area contributed by atoms with Crippen molar-refractivity contribution in [3.05, 3.63) is 17.5 Å². The lowest BCUT2D eigenvalue weighted by Gasteiger charge is -2.08. The molecule has 0 aliphatic heterocycles. The largest absolute Gasteiger partial charge is 0.468 e. The SMILES string of the molecule is COC(=O)C(I)CNS(=O)(=O)c1cccs1. The number of methoxy groups -OCH3 is 1. The number of halogens is 1. The lowest BCUT2D eigenvalue weighted by molar-refractivity contribution is -0.139. The van der Waals surface area contributed by atoms with E-state index in [1.807, 2.05) is 22.6 Å². The predicted molar refractivity (Wildman–Crippen MR) is 69.3 cm³/mol. The summed E-state index contributed by atoms with van der Waals surface area (Å²) in [5.41, 5.74) is 0. The minimum atomic E-state index is -3.50. The molecule has 0 bridgehead atoms. The minimum Gasteiger partial charge on any atom is -0.468 e. The molecule has 5 nitrogen and oxygen atoms in total. The van der Waals surface area contributed by atoms with Crippen LogP contribution in [0.1, 0.15) is 0 Å². The Balaban J connectivity index is 2.59. The number of nitrogens with one attached hydrogen (secondary N) is 1. The molecule has 0 aliphatic carbocycles. The number of esters is 1. The van der Waals surface area contributed by atoms with Crippen LogP contribution in [-0.4, -0.2) is 32.0 Å². The number of rotatable bonds is 5. The Morgan fingerprint density at radius 3 is 2.88 bits per heavy atom. The smallest absolute Gasteiger partial charge is 0.319 e. The van der Waals surface area contributed by atoms with Crippen molar-refractivity contribution in [3.63, 3.8) is 0 Å². The van der Waals surface area contributed by atoms with Crippen molar-refractivity contribution in [2.24, 2.45) is 0 Å². The molecular weight excluding hydrogens is 365 g/mol. The van der Waals surface area contributed by atoms with Crippen molar-refractivity contribution in [2.45, 2.75) is 8.13 Å². The molecule has 0 radical (unpaired) electrons. The zero-order chi connectivity index (χ0) is 12.2. The van der Waals surface area contributed by atoms with Crippen LogP contribution in [0, 0.1) is 0 Å². The summed E-state index contributed by atoms with van der Waals surface area (Å²) < 4.78 is 29.9. The number of ether oxygens (including phenoxy) is 1. The molecule has 1 N–H and O–H groups in total. The maximum Gasteiger partial charge on any atom is 0.319 e. The van der Waals surface area contributed by atoms with E-state index >= 15 is 0 Å². The number of carbonyl (C=O) groups is 1. The van der Waals surface area contributed by atoms with E-state index in [4.69, 9.17) is 0 Å². The Labute approximate surface area is 111 Å². The van der Waals surface area contributed by atoms with Gasteiger partial charge in [-0.3, -0.25) is 4.79 Å². The van der Waals surface area contributed by atoms with Crippen LogP contribution >= 0.6 is 33.9 Å². The van der Waals surface area contributed by atoms with Gasteiger partial charge in [0.2, 0.25) is 10.0 Å². The van der Waals surface area contributed by atoms with Crippen molar-refractivity contribution in [3.8, 4) is 0 Å². The average molecular weight is 375 g/mol. The third-order valence-electron chi connectivity index (χ3n) is 1.67. The van der Waals surface area contributed by atoms with E-state index in [1.165, 1.54) is 13.2 Å². The number of sulfonamides is 1. The number of hydrogen-bond donors (Lipinski definition) is 1. The van der Waals surface area contributed by atoms with Gasteiger partial charge in [0.25, 0.3) is 0 Å². The monoisotopic (exact) mass is 375 g/mol. The molecule has 0 saturated heterocycles. The summed E-state index contributed by atoms with van der Waals surface area (Å²) in [6, 6.07) is 3.16. The van der Waals surface area contributed by atoms with Gasteiger partial charge in [-0.1, -0.05) is 28.7 Å². The van der Waals surface area contributed by atoms with Crippen LogP contribution in [0.3, 0.4) is 0 Å². The molecule has 1 atom stereocenters. The van der Waals surface area contributed by atoms with E-state index in [2.05, 4.69) is 9.46 Å². The Morgan fingerprint density at radius 1 is 1.69 bits per heavy atom. The molecule has 90 valence electrons. The third kappa shape index (κ3) is 3.68. The lowest BCUT2D eigenvalue weighted by Crippen LogP contribution is -2.33. The molecule has 1 aromatic heterocycles. The fraction of sp³-hybridized carbons (Fsp3) is 0.375. The van der Waals surface area contributed by atoms with E-state index in [0.717, 1.165) is 11.3 Å². The Morgan fingerprint density at radius 2 is 2.38 bits per heavy atom. The summed E-state index contributed by atoms with van der Waals surface area (Å²) in [6.45, 7) is 0.0213. The summed E-state index contributed by atoms with van der Waals surface area (Å²) in [6.07, 6.45) is 0. The van der Waals surface area contributed by atoms with Gasteiger partial charge < -0.3 is 4.74 Å². The van der Waals surface area contributed by atoms with Crippen LogP contribution < -0.4 is 4.72 Å². The van der Waals surface area contributed by atoms with Crippen LogP contribution in [0.4, 0.5) is 0 Å². The second kappa shape index (κ2) is 5.94. The average Bonchev–Trinajstić information content (AvgIpc) is 2.78. The first-order valence-electron chi connectivity index (χ1n) is 4.22. The van der Waals surface area contributed by atoms with Gasteiger partial charge in [0.15, 0.2) is 0 Å². The summed E-state index contributed by atoms with van der Waals surface area (Å²) in [7, 11) is -2.23. The standard InChI is InChI=1S/C8H10INO4S2/c1-14-8(11)6(9)5-10-16(12,13)7-3-2-4-15-7/h2-4,6,10H,5H2,1H3. The summed E-state index contributed by atoms with van der Waals surface area (Å²) >= 11 is 2.95. The fourth-order valence-corrected chi connectivity index (χ4v) is 3.74. The quantitative estimate of drug-likeness (QED) is 0.474. The van der Waals surface area contributed by atoms with Crippen LogP contribution in [0.25, 0.3) is 0 Å². The van der Waals surface area contributed by atoms with Gasteiger partial charge in [0.05, 0.1) is 7.11 Å². The second-order valence-electron chi connectivity index (χ2n) is 2.77. The lowest BCUT2D eigenvalue weighted by atomic mass is 10.4. The number of thiophene rings is 1. The van der Waals surface area contributed by atoms with Crippen molar-refractivity contribution in [1.29, 1.82) is 0 Å². The molecule has 1 unspecified atom stereocenters. The Hall–Kier alpha value is -0.190. The Kier molecular flexibility index (Phi) is 5.15. The van der Waals surface area contributed by atoms with Gasteiger partial charge in [0.1, 0.15) is 8.13 Å². The van der Waals surface area contributed by atoms with E-state index < -0.39 is 19.9 Å². The normalized spacial score (nSPS) is 13.4. The highest BCUT2D eigenvalue weighted by atomic mass is 127. The summed E-state index contributed by atoms with van der Waals surface area (Å²) in [5.74, 6) is -0.450. The number of hydrogen-bond acceptors (Lipinski definition) is 5. The van der Waals surface area contributed by atoms with E-state index in [-0.39, 0.29) is 10.8 Å². The minimum absolute atomic E-state index is 0.0213. The molecule has 1 aromatic rings. The van der Waals surface area contributed by atoms with Crippen LogP contribution in [0.5, 0.6) is 0 Å². The van der Waals surface area contributed by atoms with Gasteiger partial charge in [-0.05, 0) is 11.4 Å². The van der Waals surface area contributed by atoms with Gasteiger partial charge >= 0.3 is 5.97 Å². The third-order valence-corrected chi connectivity index (χ3v) is 5.44. The molecule has 8 heteroatoms. The molecule has 0 saturated carbocycles. The van der Waals surface area contributed by atoms with Gasteiger partial charge in [-0.2, -0.15) is 0 Å². The number of alkyl halides is 1. The van der Waals surface area contributed by atoms with Gasteiger partial charge in [0, 0.05) is 6.54 Å². The molecule has 0 fully saturated rings. The van der Waals surface area contributed by atoms with E-state index in [9.17, 15) is 13.2 Å². The maximum atomic E-state index is 11.7. The van der Waals surface area contributed by atoms with Crippen molar-refractivity contribution < 1.29 is 17.9 Å². The highest BCUT2D eigenvalue weighted by molar-refractivity contribution is 14.1. The zero-order valence-electron chi connectivity index (χ0n) is 8.34. The molecule has 16 heavy (non-hydrogen) atoms. The van der Waals surface area contributed by atoms with Gasteiger partial charge in [-0.15, -0.1) is 11.3 Å². The van der Waals surface area contributed by atoms with Crippen LogP contribution in [0.15, 0.2) is 21.7 Å². The first-order chi connectivity index (χ1) is 7.47. The molecular formula is C8H10INO4S2. The molecule has 1 rings (SSSR count). The first-order valence-corrected chi connectivity index (χ1v) is 7.83. The molecule has 0 spiro atoms. The zero-order valence-corrected chi connectivity index (χ0v) is 12.1. The molecule has 0 aliphatic rings. The first kappa shape index (κ1) is 13.9. The summed E-state index contributed by atoms with van der Waals surface area (Å²) in [5, 5.41) is 1.68. The molecule has 0 aromatic carbocycles. The maximum absolute atomic E-state index is 11.7. The van der Waals surface area contributed by atoms with Crippen LogP contribution in [-0.2, 0) is 19.6 Å². The Bertz CT molecular complexity index is 443. The topological polar surface area (TPSA) is 72.5 Å². The van der Waals surface area contributed by atoms with Crippen molar-refractivity contribution in [1.82, 2.24) is 4.72 Å². The highest BCUT2D eigenvalue weighted by Crippen LogP contribution is 2.15. The van der Waals surface area contributed by atoms with Crippen molar-refractivity contribution in [2.75, 3.05) is 13.7 Å². The second-order valence-corrected chi connectivity index (χ2v) is 7.22. The van der Waals surface area contributed by atoms with Crippen LogP contribution in [0.2, 0.25) is 0 Å². The number of carbonyl (C=O) groups excluding carboxylic acids is 1. The highest BCUT2D eigenvalue weighted by Gasteiger charge is 2.20.